The minimum absolute atomic E-state index is 0.161. The number of carbonyl (C=O) groups excluding carboxylic acids is 1. The summed E-state index contributed by atoms with van der Waals surface area (Å²) in [4.78, 5) is 12.6. The largest absolute Gasteiger partial charge is 0.485 e. The fourth-order valence-corrected chi connectivity index (χ4v) is 2.64. The molecule has 8 heteroatoms. The van der Waals surface area contributed by atoms with Crippen molar-refractivity contribution < 1.29 is 14.3 Å². The highest BCUT2D eigenvalue weighted by molar-refractivity contribution is 5.95. The van der Waals surface area contributed by atoms with Crippen LogP contribution in [0.4, 0.5) is 5.69 Å². The molecule has 0 aliphatic carbocycles. The second kappa shape index (κ2) is 6.23. The number of hydrogen-bond donors (Lipinski definition) is 1. The van der Waals surface area contributed by atoms with E-state index < -0.39 is 6.10 Å². The maximum absolute atomic E-state index is 12.6. The van der Waals surface area contributed by atoms with Gasteiger partial charge in [0.05, 0.1) is 5.69 Å². The van der Waals surface area contributed by atoms with Crippen LogP contribution < -0.4 is 14.8 Å². The van der Waals surface area contributed by atoms with Crippen LogP contribution in [0.1, 0.15) is 5.56 Å². The van der Waals surface area contributed by atoms with Gasteiger partial charge < -0.3 is 14.8 Å². The summed E-state index contributed by atoms with van der Waals surface area (Å²) in [5.41, 5.74) is 2.30. The van der Waals surface area contributed by atoms with Gasteiger partial charge in [-0.25, -0.2) is 4.68 Å². The molecule has 2 aromatic carbocycles. The SMILES string of the molecule is Cc1c(NC(=O)[C@@H]2COc3ccccc3O2)cccc1-n1cnnn1. The van der Waals surface area contributed by atoms with Crippen molar-refractivity contribution in [2.24, 2.45) is 0 Å². The lowest BCUT2D eigenvalue weighted by atomic mass is 10.1. The van der Waals surface area contributed by atoms with Crippen LogP contribution in [0.15, 0.2) is 48.8 Å². The Bertz CT molecular complexity index is 910. The highest BCUT2D eigenvalue weighted by atomic mass is 16.6. The molecule has 0 unspecified atom stereocenters. The lowest BCUT2D eigenvalue weighted by Gasteiger charge is -2.25. The Labute approximate surface area is 143 Å². The quantitative estimate of drug-likeness (QED) is 0.783. The van der Waals surface area contributed by atoms with Crippen molar-refractivity contribution in [3.05, 3.63) is 54.4 Å². The Balaban J connectivity index is 1.53. The van der Waals surface area contributed by atoms with Crippen LogP contribution in [0.5, 0.6) is 11.5 Å². The number of amides is 1. The summed E-state index contributed by atoms with van der Waals surface area (Å²) in [5.74, 6) is 0.933. The number of hydrogen-bond acceptors (Lipinski definition) is 6. The van der Waals surface area contributed by atoms with Gasteiger partial charge in [0.1, 0.15) is 12.9 Å². The Morgan fingerprint density at radius 3 is 2.84 bits per heavy atom. The molecule has 0 fully saturated rings. The van der Waals surface area contributed by atoms with E-state index in [0.717, 1.165) is 11.3 Å². The van der Waals surface area contributed by atoms with Gasteiger partial charge >= 0.3 is 0 Å². The minimum Gasteiger partial charge on any atom is -0.485 e. The molecule has 1 aliphatic heterocycles. The third-order valence-corrected chi connectivity index (χ3v) is 3.96. The lowest BCUT2D eigenvalue weighted by molar-refractivity contribution is -0.125. The second-order valence-corrected chi connectivity index (χ2v) is 5.56. The van der Waals surface area contributed by atoms with E-state index >= 15 is 0 Å². The van der Waals surface area contributed by atoms with Gasteiger partial charge in [-0.2, -0.15) is 0 Å². The predicted molar refractivity (Wildman–Crippen MR) is 88.9 cm³/mol. The molecule has 8 nitrogen and oxygen atoms in total. The van der Waals surface area contributed by atoms with Gasteiger partial charge in [0.25, 0.3) is 5.91 Å². The average molecular weight is 337 g/mol. The molecule has 1 atom stereocenters. The molecule has 0 saturated carbocycles. The molecule has 0 saturated heterocycles. The third kappa shape index (κ3) is 2.89. The second-order valence-electron chi connectivity index (χ2n) is 5.56. The van der Waals surface area contributed by atoms with Gasteiger partial charge in [0.2, 0.25) is 6.10 Å². The number of fused-ring (bicyclic) bond motifs is 1. The molecule has 1 aromatic heterocycles. The molecule has 4 rings (SSSR count). The van der Waals surface area contributed by atoms with Crippen molar-refractivity contribution in [1.82, 2.24) is 20.2 Å². The molecule has 0 radical (unpaired) electrons. The average Bonchev–Trinajstić information content (AvgIpc) is 3.17. The van der Waals surface area contributed by atoms with Crippen LogP contribution in [-0.2, 0) is 4.79 Å². The molecule has 0 bridgehead atoms. The molecule has 1 aliphatic rings. The Morgan fingerprint density at radius 2 is 2.04 bits per heavy atom. The van der Waals surface area contributed by atoms with E-state index in [2.05, 4.69) is 20.8 Å². The van der Waals surface area contributed by atoms with Crippen molar-refractivity contribution >= 4 is 11.6 Å². The zero-order valence-corrected chi connectivity index (χ0v) is 13.4. The number of nitrogens with one attached hydrogen (secondary N) is 1. The topological polar surface area (TPSA) is 91.2 Å². The molecule has 3 aromatic rings. The first kappa shape index (κ1) is 15.1. The predicted octanol–water partition coefficient (Wildman–Crippen LogP) is 1.75. The van der Waals surface area contributed by atoms with Gasteiger partial charge in [-0.15, -0.1) is 5.10 Å². The number of anilines is 1. The minimum atomic E-state index is -0.717. The maximum Gasteiger partial charge on any atom is 0.269 e. The van der Waals surface area contributed by atoms with Crippen LogP contribution >= 0.6 is 0 Å². The van der Waals surface area contributed by atoms with Crippen LogP contribution in [0.2, 0.25) is 0 Å². The molecule has 1 N–H and O–H groups in total. The number of tetrazole rings is 1. The number of carbonyl (C=O) groups is 1. The first-order valence-corrected chi connectivity index (χ1v) is 7.75. The fourth-order valence-electron chi connectivity index (χ4n) is 2.64. The zero-order valence-electron chi connectivity index (χ0n) is 13.4. The van der Waals surface area contributed by atoms with Gasteiger partial charge in [-0.1, -0.05) is 18.2 Å². The maximum atomic E-state index is 12.6. The van der Waals surface area contributed by atoms with E-state index in [9.17, 15) is 4.79 Å². The van der Waals surface area contributed by atoms with E-state index in [-0.39, 0.29) is 12.5 Å². The summed E-state index contributed by atoms with van der Waals surface area (Å²) in [6, 6.07) is 12.8. The number of para-hydroxylation sites is 2. The first-order valence-electron chi connectivity index (χ1n) is 7.75. The third-order valence-electron chi connectivity index (χ3n) is 3.96. The number of ether oxygens (including phenoxy) is 2. The van der Waals surface area contributed by atoms with Crippen LogP contribution in [0, 0.1) is 6.92 Å². The van der Waals surface area contributed by atoms with Gasteiger partial charge in [-0.3, -0.25) is 4.79 Å². The Kier molecular flexibility index (Phi) is 3.77. The van der Waals surface area contributed by atoms with Crippen LogP contribution in [0.25, 0.3) is 5.69 Å². The van der Waals surface area contributed by atoms with Crippen molar-refractivity contribution in [2.75, 3.05) is 11.9 Å². The summed E-state index contributed by atoms with van der Waals surface area (Å²) in [7, 11) is 0. The molecule has 1 amide bonds. The molecule has 2 heterocycles. The van der Waals surface area contributed by atoms with E-state index in [0.29, 0.717) is 17.2 Å². The molecule has 126 valence electrons. The van der Waals surface area contributed by atoms with Crippen LogP contribution in [0.3, 0.4) is 0 Å². The normalized spacial score (nSPS) is 15.6. The summed E-state index contributed by atoms with van der Waals surface area (Å²) < 4.78 is 12.9. The van der Waals surface area contributed by atoms with E-state index in [1.165, 1.54) is 6.33 Å². The molecule has 0 spiro atoms. The van der Waals surface area contributed by atoms with E-state index in [4.69, 9.17) is 9.47 Å². The van der Waals surface area contributed by atoms with Crippen molar-refractivity contribution in [2.45, 2.75) is 13.0 Å². The molecular weight excluding hydrogens is 322 g/mol. The monoisotopic (exact) mass is 337 g/mol. The van der Waals surface area contributed by atoms with Crippen molar-refractivity contribution in [3.63, 3.8) is 0 Å². The molecular formula is C17H15N5O3. The van der Waals surface area contributed by atoms with E-state index in [1.54, 1.807) is 10.7 Å². The van der Waals surface area contributed by atoms with Gasteiger partial charge in [0, 0.05) is 5.69 Å². The summed E-state index contributed by atoms with van der Waals surface area (Å²) in [5, 5.41) is 14.0. The van der Waals surface area contributed by atoms with Crippen molar-refractivity contribution in [3.8, 4) is 17.2 Å². The standard InChI is InChI=1S/C17H15N5O3/c1-11-12(5-4-6-13(11)22-10-18-20-21-22)19-17(23)16-9-24-14-7-2-3-8-15(14)25-16/h2-8,10,16H,9H2,1H3,(H,19,23)/t16-/m0/s1. The molecule has 25 heavy (non-hydrogen) atoms. The number of nitrogens with zero attached hydrogens (tertiary/aromatic N) is 4. The van der Waals surface area contributed by atoms with Crippen LogP contribution in [-0.4, -0.2) is 38.8 Å². The van der Waals surface area contributed by atoms with Crippen molar-refractivity contribution in [1.29, 1.82) is 0 Å². The van der Waals surface area contributed by atoms with E-state index in [1.807, 2.05) is 43.3 Å². The summed E-state index contributed by atoms with van der Waals surface area (Å²) >= 11 is 0. The smallest absolute Gasteiger partial charge is 0.269 e. The lowest BCUT2D eigenvalue weighted by Crippen LogP contribution is -2.40. The zero-order chi connectivity index (χ0) is 17.2. The highest BCUT2D eigenvalue weighted by Crippen LogP contribution is 2.31. The first-order chi connectivity index (χ1) is 12.2. The number of benzene rings is 2. The Morgan fingerprint density at radius 1 is 1.20 bits per heavy atom. The van der Waals surface area contributed by atoms with Gasteiger partial charge in [-0.05, 0) is 47.2 Å². The Hall–Kier alpha value is -3.42. The number of rotatable bonds is 3. The summed E-state index contributed by atoms with van der Waals surface area (Å²) in [6.45, 7) is 2.05. The summed E-state index contributed by atoms with van der Waals surface area (Å²) in [6.07, 6.45) is 0.786. The fraction of sp³-hybridized carbons (Fsp3) is 0.176. The van der Waals surface area contributed by atoms with Gasteiger partial charge in [0.15, 0.2) is 11.5 Å². The number of aromatic nitrogens is 4. The highest BCUT2D eigenvalue weighted by Gasteiger charge is 2.27.